The highest BCUT2D eigenvalue weighted by molar-refractivity contribution is 7.88. The molecule has 0 saturated carbocycles. The van der Waals surface area contributed by atoms with E-state index in [2.05, 4.69) is 12.6 Å². The van der Waals surface area contributed by atoms with E-state index >= 15 is 0 Å². The SMILES string of the molecule is CC(S)C(C(N)N)S(=O)(=O)O. The van der Waals surface area contributed by atoms with E-state index in [0.29, 0.717) is 0 Å². The average Bonchev–Trinajstić information content (AvgIpc) is 1.54. The zero-order valence-electron chi connectivity index (χ0n) is 6.01. The summed E-state index contributed by atoms with van der Waals surface area (Å²) in [7, 11) is -4.19. The van der Waals surface area contributed by atoms with E-state index in [9.17, 15) is 8.42 Å². The lowest BCUT2D eigenvalue weighted by atomic mass is 10.3. The Balaban J connectivity index is 4.64. The molecule has 0 fully saturated rings. The lowest BCUT2D eigenvalue weighted by Crippen LogP contribution is -2.50. The van der Waals surface area contributed by atoms with Gasteiger partial charge in [-0.05, 0) is 0 Å². The van der Waals surface area contributed by atoms with Gasteiger partial charge < -0.3 is 11.5 Å². The van der Waals surface area contributed by atoms with Gasteiger partial charge in [0.1, 0.15) is 5.25 Å². The van der Waals surface area contributed by atoms with Gasteiger partial charge in [-0.15, -0.1) is 0 Å². The fraction of sp³-hybridized carbons (Fsp3) is 1.00. The number of rotatable bonds is 3. The molecule has 0 spiro atoms. The Morgan fingerprint density at radius 1 is 1.45 bits per heavy atom. The molecule has 11 heavy (non-hydrogen) atoms. The zero-order valence-corrected chi connectivity index (χ0v) is 7.72. The average molecular weight is 200 g/mol. The Morgan fingerprint density at radius 2 is 1.82 bits per heavy atom. The van der Waals surface area contributed by atoms with E-state index in [4.69, 9.17) is 16.0 Å². The van der Waals surface area contributed by atoms with E-state index in [1.54, 1.807) is 0 Å². The minimum absolute atomic E-state index is 0.593. The van der Waals surface area contributed by atoms with Crippen LogP contribution in [0.5, 0.6) is 0 Å². The van der Waals surface area contributed by atoms with Crippen molar-refractivity contribution in [2.24, 2.45) is 11.5 Å². The van der Waals surface area contributed by atoms with Crippen molar-refractivity contribution in [3.8, 4) is 0 Å². The minimum atomic E-state index is -4.19. The molecule has 2 atom stereocenters. The van der Waals surface area contributed by atoms with Crippen LogP contribution in [0, 0.1) is 0 Å². The maximum Gasteiger partial charge on any atom is 0.271 e. The first-order chi connectivity index (χ1) is 4.76. The summed E-state index contributed by atoms with van der Waals surface area (Å²) in [6.45, 7) is 1.49. The maximum absolute atomic E-state index is 10.6. The Morgan fingerprint density at radius 3 is 1.82 bits per heavy atom. The van der Waals surface area contributed by atoms with E-state index < -0.39 is 26.8 Å². The molecule has 2 unspecified atom stereocenters. The lowest BCUT2D eigenvalue weighted by Gasteiger charge is -2.19. The van der Waals surface area contributed by atoms with Crippen LogP contribution in [0.25, 0.3) is 0 Å². The highest BCUT2D eigenvalue weighted by atomic mass is 32.2. The van der Waals surface area contributed by atoms with Crippen LogP contribution < -0.4 is 11.5 Å². The summed E-state index contributed by atoms with van der Waals surface area (Å²) in [5.41, 5.74) is 10.2. The Bertz CT molecular complexity index is 203. The highest BCUT2D eigenvalue weighted by Gasteiger charge is 2.31. The monoisotopic (exact) mass is 200 g/mol. The third-order valence-electron chi connectivity index (χ3n) is 1.20. The smallest absolute Gasteiger partial charge is 0.271 e. The summed E-state index contributed by atoms with van der Waals surface area (Å²) in [5, 5.41) is -1.81. The van der Waals surface area contributed by atoms with Crippen LogP contribution in [0.1, 0.15) is 6.92 Å². The van der Waals surface area contributed by atoms with E-state index in [0.717, 1.165) is 0 Å². The second-order valence-corrected chi connectivity index (χ2v) is 4.69. The molecule has 68 valence electrons. The number of hydrogen-bond donors (Lipinski definition) is 4. The third-order valence-corrected chi connectivity index (χ3v) is 3.13. The molecule has 0 aromatic heterocycles. The number of hydrogen-bond acceptors (Lipinski definition) is 5. The second-order valence-electron chi connectivity index (χ2n) is 2.30. The van der Waals surface area contributed by atoms with Crippen LogP contribution in [0.15, 0.2) is 0 Å². The van der Waals surface area contributed by atoms with Gasteiger partial charge >= 0.3 is 0 Å². The second kappa shape index (κ2) is 3.72. The van der Waals surface area contributed by atoms with Crippen LogP contribution in [0.3, 0.4) is 0 Å². The van der Waals surface area contributed by atoms with Gasteiger partial charge in [-0.1, -0.05) is 6.92 Å². The van der Waals surface area contributed by atoms with Gasteiger partial charge in [0.15, 0.2) is 0 Å². The largest absolute Gasteiger partial charge is 0.315 e. The Hall–Kier alpha value is 0.180. The highest BCUT2D eigenvalue weighted by Crippen LogP contribution is 2.10. The third kappa shape index (κ3) is 3.39. The molecule has 0 rings (SSSR count). The van der Waals surface area contributed by atoms with Gasteiger partial charge in [-0.2, -0.15) is 21.0 Å². The van der Waals surface area contributed by atoms with Gasteiger partial charge in [0.2, 0.25) is 0 Å². The topological polar surface area (TPSA) is 106 Å². The fourth-order valence-electron chi connectivity index (χ4n) is 0.769. The molecular weight excluding hydrogens is 188 g/mol. The molecule has 0 bridgehead atoms. The quantitative estimate of drug-likeness (QED) is 0.260. The van der Waals surface area contributed by atoms with Crippen LogP contribution in [-0.2, 0) is 10.1 Å². The van der Waals surface area contributed by atoms with E-state index in [1.165, 1.54) is 6.92 Å². The van der Waals surface area contributed by atoms with Gasteiger partial charge in [-0.25, -0.2) is 0 Å². The van der Waals surface area contributed by atoms with Crippen molar-refractivity contribution in [3.05, 3.63) is 0 Å². The fourth-order valence-corrected chi connectivity index (χ4v) is 2.32. The molecule has 5 N–H and O–H groups in total. The van der Waals surface area contributed by atoms with Crippen LogP contribution >= 0.6 is 12.6 Å². The molecule has 7 heteroatoms. The van der Waals surface area contributed by atoms with Crippen molar-refractivity contribution >= 4 is 22.7 Å². The number of nitrogens with two attached hydrogens (primary N) is 2. The normalized spacial score (nSPS) is 18.4. The van der Waals surface area contributed by atoms with Crippen LogP contribution in [0.4, 0.5) is 0 Å². The van der Waals surface area contributed by atoms with Gasteiger partial charge in [-0.3, -0.25) is 4.55 Å². The van der Waals surface area contributed by atoms with Crippen LogP contribution in [-0.4, -0.2) is 29.6 Å². The first kappa shape index (κ1) is 11.2. The van der Waals surface area contributed by atoms with Crippen molar-refractivity contribution in [1.29, 1.82) is 0 Å². The van der Waals surface area contributed by atoms with Gasteiger partial charge in [0, 0.05) is 5.25 Å². The minimum Gasteiger partial charge on any atom is -0.315 e. The molecule has 5 nitrogen and oxygen atoms in total. The first-order valence-electron chi connectivity index (χ1n) is 2.92. The zero-order chi connectivity index (χ0) is 9.23. The van der Waals surface area contributed by atoms with Gasteiger partial charge in [0.05, 0.1) is 6.17 Å². The Kier molecular flexibility index (Phi) is 3.78. The lowest BCUT2D eigenvalue weighted by molar-refractivity contribution is 0.451. The van der Waals surface area contributed by atoms with Crippen LogP contribution in [0.2, 0.25) is 0 Å². The standard InChI is InChI=1S/C4H12N2O3S2/c1-2(10)3(4(5)6)11(7,8)9/h2-4,10H,5-6H2,1H3,(H,7,8,9). The van der Waals surface area contributed by atoms with E-state index in [-0.39, 0.29) is 0 Å². The van der Waals surface area contributed by atoms with Crippen molar-refractivity contribution in [2.45, 2.75) is 23.6 Å². The predicted octanol–water partition coefficient (Wildman–Crippen LogP) is -1.20. The van der Waals surface area contributed by atoms with Crippen molar-refractivity contribution in [3.63, 3.8) is 0 Å². The molecular formula is C4H12N2O3S2. The molecule has 0 radical (unpaired) electrons. The molecule has 0 amide bonds. The molecule has 0 aliphatic carbocycles. The first-order valence-corrected chi connectivity index (χ1v) is 4.94. The summed E-state index contributed by atoms with van der Waals surface area (Å²) in [5.74, 6) is 0. The van der Waals surface area contributed by atoms with Crippen molar-refractivity contribution < 1.29 is 13.0 Å². The van der Waals surface area contributed by atoms with Crippen molar-refractivity contribution in [1.82, 2.24) is 0 Å². The molecule has 0 aromatic carbocycles. The maximum atomic E-state index is 10.6. The molecule has 0 saturated heterocycles. The summed E-state index contributed by atoms with van der Waals surface area (Å²) in [4.78, 5) is 0. The molecule has 0 aliphatic heterocycles. The van der Waals surface area contributed by atoms with Gasteiger partial charge in [0.25, 0.3) is 10.1 Å². The molecule has 0 aliphatic rings. The summed E-state index contributed by atoms with van der Waals surface area (Å²) < 4.78 is 29.7. The molecule has 0 aromatic rings. The Labute approximate surface area is 71.3 Å². The van der Waals surface area contributed by atoms with E-state index in [1.807, 2.05) is 0 Å². The summed E-state index contributed by atoms with van der Waals surface area (Å²) in [6, 6.07) is 0. The predicted molar refractivity (Wildman–Crippen MR) is 45.9 cm³/mol. The molecule has 0 heterocycles. The number of thiol groups is 1. The van der Waals surface area contributed by atoms with Crippen molar-refractivity contribution in [2.75, 3.05) is 0 Å². The summed E-state index contributed by atoms with van der Waals surface area (Å²) in [6.07, 6.45) is -1.11. The summed E-state index contributed by atoms with van der Waals surface area (Å²) >= 11 is 3.83.